The molecular formula is C13H22IN3O2S. The van der Waals surface area contributed by atoms with E-state index in [9.17, 15) is 8.42 Å². The van der Waals surface area contributed by atoms with Gasteiger partial charge in [0.25, 0.3) is 0 Å². The number of hydrogen-bond acceptors (Lipinski definition) is 3. The number of hydrogen-bond donors (Lipinski definition) is 2. The maximum absolute atomic E-state index is 11.3. The lowest BCUT2D eigenvalue weighted by Gasteiger charge is -2.14. The van der Waals surface area contributed by atoms with E-state index in [1.54, 1.807) is 31.3 Å². The molecule has 0 atom stereocenters. The Kier molecular flexibility index (Phi) is 8.10. The Morgan fingerprint density at radius 1 is 1.25 bits per heavy atom. The predicted octanol–water partition coefficient (Wildman–Crippen LogP) is 1.78. The summed E-state index contributed by atoms with van der Waals surface area (Å²) >= 11 is 0. The fraction of sp³-hybridized carbons (Fsp3) is 0.462. The second-order valence-corrected chi connectivity index (χ2v) is 6.66. The fourth-order valence-electron chi connectivity index (χ4n) is 1.51. The van der Waals surface area contributed by atoms with Crippen LogP contribution in [-0.2, 0) is 16.4 Å². The molecule has 1 aromatic carbocycles. The van der Waals surface area contributed by atoms with Crippen LogP contribution in [0.4, 0.5) is 0 Å². The molecule has 2 N–H and O–H groups in total. The summed E-state index contributed by atoms with van der Waals surface area (Å²) < 4.78 is 22.7. The second kappa shape index (κ2) is 8.46. The monoisotopic (exact) mass is 411 g/mol. The number of aliphatic imine (C=N–C) groups is 1. The van der Waals surface area contributed by atoms with Crippen LogP contribution in [0.5, 0.6) is 0 Å². The zero-order valence-electron chi connectivity index (χ0n) is 12.2. The highest BCUT2D eigenvalue weighted by atomic mass is 127. The SMILES string of the molecule is CN=C(NCc1ccc(S(C)(=O)=O)cc1)NC(C)C.I. The summed E-state index contributed by atoms with van der Waals surface area (Å²) in [5, 5.41) is 6.34. The maximum atomic E-state index is 11.3. The van der Waals surface area contributed by atoms with Gasteiger partial charge >= 0.3 is 0 Å². The molecule has 20 heavy (non-hydrogen) atoms. The lowest BCUT2D eigenvalue weighted by Crippen LogP contribution is -2.40. The van der Waals surface area contributed by atoms with Crippen LogP contribution in [0.2, 0.25) is 0 Å². The Balaban J connectivity index is 0.00000361. The van der Waals surface area contributed by atoms with Crippen LogP contribution < -0.4 is 10.6 Å². The predicted molar refractivity (Wildman–Crippen MR) is 93.4 cm³/mol. The van der Waals surface area contributed by atoms with Gasteiger partial charge in [0, 0.05) is 25.9 Å². The van der Waals surface area contributed by atoms with E-state index >= 15 is 0 Å². The molecule has 0 saturated heterocycles. The van der Waals surface area contributed by atoms with Crippen molar-refractivity contribution < 1.29 is 8.42 Å². The lowest BCUT2D eigenvalue weighted by molar-refractivity contribution is 0.602. The van der Waals surface area contributed by atoms with Crippen molar-refractivity contribution in [1.29, 1.82) is 0 Å². The molecule has 7 heteroatoms. The quantitative estimate of drug-likeness (QED) is 0.450. The van der Waals surface area contributed by atoms with Crippen molar-refractivity contribution in [3.8, 4) is 0 Å². The van der Waals surface area contributed by atoms with Crippen molar-refractivity contribution in [3.63, 3.8) is 0 Å². The number of sulfone groups is 1. The van der Waals surface area contributed by atoms with E-state index < -0.39 is 9.84 Å². The molecule has 5 nitrogen and oxygen atoms in total. The Morgan fingerprint density at radius 2 is 1.80 bits per heavy atom. The van der Waals surface area contributed by atoms with E-state index in [1.165, 1.54) is 6.26 Å². The van der Waals surface area contributed by atoms with Crippen LogP contribution in [-0.4, -0.2) is 33.7 Å². The summed E-state index contributed by atoms with van der Waals surface area (Å²) in [6.07, 6.45) is 1.20. The first-order valence-corrected chi connectivity index (χ1v) is 7.98. The van der Waals surface area contributed by atoms with Crippen molar-refractivity contribution in [2.45, 2.75) is 31.3 Å². The Hall–Kier alpha value is -0.830. The number of benzene rings is 1. The summed E-state index contributed by atoms with van der Waals surface area (Å²) in [6, 6.07) is 7.13. The van der Waals surface area contributed by atoms with Crippen molar-refractivity contribution in [2.24, 2.45) is 4.99 Å². The molecule has 0 unspecified atom stereocenters. The highest BCUT2D eigenvalue weighted by molar-refractivity contribution is 14.0. The third kappa shape index (κ3) is 6.56. The molecular weight excluding hydrogens is 389 g/mol. The van der Waals surface area contributed by atoms with Crippen molar-refractivity contribution >= 4 is 39.8 Å². The van der Waals surface area contributed by atoms with Gasteiger partial charge in [-0.2, -0.15) is 0 Å². The molecule has 0 aromatic heterocycles. The van der Waals surface area contributed by atoms with E-state index in [1.807, 2.05) is 13.8 Å². The summed E-state index contributed by atoms with van der Waals surface area (Å²) in [5.74, 6) is 0.724. The van der Waals surface area contributed by atoms with Crippen LogP contribution in [0.3, 0.4) is 0 Å². The first-order chi connectivity index (χ1) is 8.82. The van der Waals surface area contributed by atoms with Crippen LogP contribution in [0.25, 0.3) is 0 Å². The van der Waals surface area contributed by atoms with Gasteiger partial charge in [0.05, 0.1) is 4.90 Å². The van der Waals surface area contributed by atoms with Gasteiger partial charge in [-0.05, 0) is 31.5 Å². The van der Waals surface area contributed by atoms with Crippen LogP contribution >= 0.6 is 24.0 Å². The van der Waals surface area contributed by atoms with Crippen molar-refractivity contribution in [3.05, 3.63) is 29.8 Å². The Labute approximate surface area is 138 Å². The van der Waals surface area contributed by atoms with Crippen LogP contribution in [0.15, 0.2) is 34.2 Å². The Bertz CT molecular complexity index is 539. The van der Waals surface area contributed by atoms with E-state index in [4.69, 9.17) is 0 Å². The van der Waals surface area contributed by atoms with Gasteiger partial charge in [-0.15, -0.1) is 24.0 Å². The molecule has 0 fully saturated rings. The minimum atomic E-state index is -3.13. The number of halogens is 1. The number of guanidine groups is 1. The van der Waals surface area contributed by atoms with Gasteiger partial charge in [0.2, 0.25) is 0 Å². The van der Waals surface area contributed by atoms with Gasteiger partial charge < -0.3 is 10.6 Å². The number of nitrogens with zero attached hydrogens (tertiary/aromatic N) is 1. The smallest absolute Gasteiger partial charge is 0.191 e. The second-order valence-electron chi connectivity index (χ2n) is 4.64. The first-order valence-electron chi connectivity index (χ1n) is 6.09. The van der Waals surface area contributed by atoms with Crippen LogP contribution in [0.1, 0.15) is 19.4 Å². The van der Waals surface area contributed by atoms with E-state index in [2.05, 4.69) is 15.6 Å². The van der Waals surface area contributed by atoms with Gasteiger partial charge in [0.15, 0.2) is 15.8 Å². The van der Waals surface area contributed by atoms with Gasteiger partial charge in [-0.1, -0.05) is 12.1 Å². The number of rotatable bonds is 4. The van der Waals surface area contributed by atoms with Gasteiger partial charge in [-0.3, -0.25) is 4.99 Å². The van der Waals surface area contributed by atoms with Crippen molar-refractivity contribution in [1.82, 2.24) is 10.6 Å². The average Bonchev–Trinajstić information content (AvgIpc) is 2.33. The standard InChI is InChI=1S/C13H21N3O2S.HI/c1-10(2)16-13(14-3)15-9-11-5-7-12(8-6-11)19(4,17)18;/h5-8,10H,9H2,1-4H3,(H2,14,15,16);1H. The molecule has 0 spiro atoms. The van der Waals surface area contributed by atoms with Gasteiger partial charge in [0.1, 0.15) is 0 Å². The molecule has 0 aliphatic heterocycles. The molecule has 1 aromatic rings. The zero-order chi connectivity index (χ0) is 14.5. The minimum Gasteiger partial charge on any atom is -0.354 e. The van der Waals surface area contributed by atoms with Gasteiger partial charge in [-0.25, -0.2) is 8.42 Å². The maximum Gasteiger partial charge on any atom is 0.191 e. The number of nitrogens with one attached hydrogen (secondary N) is 2. The molecule has 0 radical (unpaired) electrons. The molecule has 0 saturated carbocycles. The zero-order valence-corrected chi connectivity index (χ0v) is 15.3. The molecule has 0 aliphatic carbocycles. The fourth-order valence-corrected chi connectivity index (χ4v) is 2.14. The third-order valence-corrected chi connectivity index (χ3v) is 3.59. The molecule has 0 heterocycles. The molecule has 1 rings (SSSR count). The normalized spacial score (nSPS) is 11.9. The van der Waals surface area contributed by atoms with Crippen LogP contribution in [0, 0.1) is 0 Å². The lowest BCUT2D eigenvalue weighted by atomic mass is 10.2. The highest BCUT2D eigenvalue weighted by Crippen LogP contribution is 2.10. The highest BCUT2D eigenvalue weighted by Gasteiger charge is 2.06. The van der Waals surface area contributed by atoms with E-state index in [0.717, 1.165) is 11.5 Å². The van der Waals surface area contributed by atoms with Crippen molar-refractivity contribution in [2.75, 3.05) is 13.3 Å². The molecule has 0 amide bonds. The molecule has 0 bridgehead atoms. The molecule has 0 aliphatic rings. The first kappa shape index (κ1) is 19.2. The largest absolute Gasteiger partial charge is 0.354 e. The summed E-state index contributed by atoms with van der Waals surface area (Å²) in [4.78, 5) is 4.43. The summed E-state index contributed by atoms with van der Waals surface area (Å²) in [5.41, 5.74) is 0.999. The summed E-state index contributed by atoms with van der Waals surface area (Å²) in [6.45, 7) is 4.66. The van der Waals surface area contributed by atoms with E-state index in [-0.39, 0.29) is 24.0 Å². The topological polar surface area (TPSA) is 70.6 Å². The molecule has 114 valence electrons. The minimum absolute atomic E-state index is 0. The summed E-state index contributed by atoms with van der Waals surface area (Å²) in [7, 11) is -1.42. The van der Waals surface area contributed by atoms with E-state index in [0.29, 0.717) is 17.5 Å². The Morgan fingerprint density at radius 3 is 2.20 bits per heavy atom. The third-order valence-electron chi connectivity index (χ3n) is 2.46. The average molecular weight is 411 g/mol.